The van der Waals surface area contributed by atoms with Crippen molar-refractivity contribution in [2.75, 3.05) is 14.1 Å². The second kappa shape index (κ2) is 8.81. The molecule has 5 rings (SSSR count). The number of phenols is 1. The number of rotatable bonds is 3. The minimum Gasteiger partial charge on any atom is -0.507 e. The zero-order valence-electron chi connectivity index (χ0n) is 21.9. The summed E-state index contributed by atoms with van der Waals surface area (Å²) in [5.41, 5.74) is 11.9. The van der Waals surface area contributed by atoms with Crippen LogP contribution >= 0.6 is 0 Å². The minimum absolute atomic E-state index is 0.102. The van der Waals surface area contributed by atoms with Crippen molar-refractivity contribution >= 4 is 29.0 Å². The molecule has 0 aliphatic heterocycles. The van der Waals surface area contributed by atoms with Gasteiger partial charge in [0.15, 0.2) is 46.1 Å². The molecule has 0 aromatic heterocycles. The fourth-order valence-corrected chi connectivity index (χ4v) is 7.14. The van der Waals surface area contributed by atoms with E-state index in [1.54, 1.807) is 6.07 Å². The summed E-state index contributed by atoms with van der Waals surface area (Å²) in [5.74, 6) is -13.0. The predicted molar refractivity (Wildman–Crippen MR) is 137 cm³/mol. The number of halogens is 2. The Morgan fingerprint density at radius 3 is 2.29 bits per heavy atom. The number of hydrogen-bond donors (Lipinski definition) is 4. The average Bonchev–Trinajstić information content (AvgIpc) is 2.84. The number of amides is 1. The molecule has 0 bridgehead atoms. The number of primary amides is 1. The van der Waals surface area contributed by atoms with Crippen LogP contribution in [0, 0.1) is 40.2 Å². The van der Waals surface area contributed by atoms with Crippen molar-refractivity contribution in [2.24, 2.45) is 34.5 Å². The molecule has 0 saturated heterocycles. The summed E-state index contributed by atoms with van der Waals surface area (Å²) in [4.78, 5) is 69.0. The lowest BCUT2D eigenvalue weighted by atomic mass is 9.42. The fourth-order valence-electron chi connectivity index (χ4n) is 7.14. The zero-order chi connectivity index (χ0) is 30.4. The van der Waals surface area contributed by atoms with Crippen LogP contribution in [0.1, 0.15) is 22.3 Å². The number of ketones is 4. The first kappa shape index (κ1) is 28.2. The standard InChI is InChI=1S/C28H25F2N5O6/c1-35(2)22-21(38)18(25(32)41)23(39)27(10-31)24(40)19-20(37)17-13(8-26(19,33)9-28(22,27)34)12(4-6-16(17)36)11-3-5-14(29)15(30)7-11/h3-7,18-19,22,36H,8-9,33-34H2,1-2H3,(H2,32,41)/t18?,19?,22-,26-,27+,28-/m1/s1. The van der Waals surface area contributed by atoms with Gasteiger partial charge in [0.1, 0.15) is 11.7 Å². The van der Waals surface area contributed by atoms with Crippen LogP contribution in [0.25, 0.3) is 11.1 Å². The smallest absolute Gasteiger partial charge is 0.235 e. The molecule has 3 aliphatic rings. The van der Waals surface area contributed by atoms with E-state index in [0.29, 0.717) is 0 Å². The molecule has 212 valence electrons. The van der Waals surface area contributed by atoms with Gasteiger partial charge in [-0.05, 0) is 61.8 Å². The molecule has 2 unspecified atom stereocenters. The van der Waals surface area contributed by atoms with Crippen molar-refractivity contribution in [3.63, 3.8) is 0 Å². The summed E-state index contributed by atoms with van der Waals surface area (Å²) >= 11 is 0. The van der Waals surface area contributed by atoms with E-state index in [1.807, 2.05) is 0 Å². The third kappa shape index (κ3) is 3.41. The number of phenolic OH excluding ortho intramolecular Hbond substituents is 1. The summed E-state index contributed by atoms with van der Waals surface area (Å²) in [6, 6.07) is 5.62. The highest BCUT2D eigenvalue weighted by Gasteiger charge is 2.78. The van der Waals surface area contributed by atoms with Crippen molar-refractivity contribution in [3.05, 3.63) is 53.1 Å². The van der Waals surface area contributed by atoms with Crippen LogP contribution in [0.2, 0.25) is 0 Å². The largest absolute Gasteiger partial charge is 0.507 e. The van der Waals surface area contributed by atoms with Gasteiger partial charge in [0.2, 0.25) is 5.91 Å². The topological polar surface area (TPSA) is 211 Å². The van der Waals surface area contributed by atoms with E-state index in [0.717, 1.165) is 18.2 Å². The Morgan fingerprint density at radius 1 is 1.07 bits per heavy atom. The fraction of sp³-hybridized carbons (Fsp3) is 0.357. The lowest BCUT2D eigenvalue weighted by Crippen LogP contribution is -2.85. The van der Waals surface area contributed by atoms with Gasteiger partial charge < -0.3 is 22.3 Å². The molecule has 2 saturated carbocycles. The molecule has 0 spiro atoms. The van der Waals surface area contributed by atoms with E-state index >= 15 is 0 Å². The first-order chi connectivity index (χ1) is 19.1. The lowest BCUT2D eigenvalue weighted by molar-refractivity contribution is -0.166. The minimum atomic E-state index is -2.86. The molecule has 1 amide bonds. The monoisotopic (exact) mass is 565 g/mol. The van der Waals surface area contributed by atoms with Gasteiger partial charge in [0.05, 0.1) is 23.2 Å². The number of aromatic hydroxyl groups is 1. The summed E-state index contributed by atoms with van der Waals surface area (Å²) in [6.07, 6.45) is -0.927. The first-order valence-electron chi connectivity index (χ1n) is 12.5. The normalized spacial score (nSPS) is 32.7. The van der Waals surface area contributed by atoms with Crippen molar-refractivity contribution < 1.29 is 37.9 Å². The van der Waals surface area contributed by atoms with Crippen LogP contribution in [0.4, 0.5) is 8.78 Å². The molecule has 6 atom stereocenters. The van der Waals surface area contributed by atoms with Crippen LogP contribution in [-0.2, 0) is 25.6 Å². The van der Waals surface area contributed by atoms with Gasteiger partial charge in [-0.2, -0.15) is 5.26 Å². The summed E-state index contributed by atoms with van der Waals surface area (Å²) in [5, 5.41) is 21.1. The number of carbonyl (C=O) groups is 5. The Balaban J connectivity index is 1.78. The van der Waals surface area contributed by atoms with Crippen LogP contribution in [0.5, 0.6) is 5.75 Å². The van der Waals surface area contributed by atoms with Crippen molar-refractivity contribution in [1.29, 1.82) is 5.26 Å². The number of hydrogen-bond acceptors (Lipinski definition) is 10. The van der Waals surface area contributed by atoms with E-state index in [4.69, 9.17) is 17.2 Å². The molecule has 7 N–H and O–H groups in total. The van der Waals surface area contributed by atoms with Crippen molar-refractivity contribution in [2.45, 2.75) is 30.0 Å². The summed E-state index contributed by atoms with van der Waals surface area (Å²) < 4.78 is 27.8. The van der Waals surface area contributed by atoms with E-state index in [2.05, 4.69) is 0 Å². The SMILES string of the molecule is CN(C)[C@@H]1C(=O)C(C(N)=O)C(=O)[C@@]2(C#N)C(=O)C3C(=O)c4c(O)ccc(-c5ccc(F)c(F)c5)c4C[C@@]3(N)C[C@@]12N. The Kier molecular flexibility index (Phi) is 6.05. The Bertz CT molecular complexity index is 1650. The van der Waals surface area contributed by atoms with Gasteiger partial charge in [-0.25, -0.2) is 8.78 Å². The number of carbonyl (C=O) groups excluding carboxylic acids is 5. The highest BCUT2D eigenvalue weighted by atomic mass is 19.2. The molecule has 2 fully saturated rings. The summed E-state index contributed by atoms with van der Waals surface area (Å²) in [7, 11) is 2.79. The second-order valence-corrected chi connectivity index (χ2v) is 11.2. The number of nitriles is 1. The molecule has 13 heteroatoms. The van der Waals surface area contributed by atoms with Crippen molar-refractivity contribution in [1.82, 2.24) is 4.90 Å². The second-order valence-electron chi connectivity index (χ2n) is 11.2. The van der Waals surface area contributed by atoms with Gasteiger partial charge in [0.25, 0.3) is 0 Å². The molecule has 2 aromatic rings. The van der Waals surface area contributed by atoms with Gasteiger partial charge in [-0.3, -0.25) is 28.9 Å². The van der Waals surface area contributed by atoms with E-state index in [9.17, 15) is 43.1 Å². The maximum absolute atomic E-state index is 14.3. The number of Topliss-reactive ketones (excluding diaryl/α,β-unsaturated/α-hetero) is 4. The maximum Gasteiger partial charge on any atom is 0.235 e. The molecular weight excluding hydrogens is 540 g/mol. The van der Waals surface area contributed by atoms with Crippen LogP contribution in [-0.4, -0.2) is 70.3 Å². The molecule has 41 heavy (non-hydrogen) atoms. The Hall–Kier alpha value is -4.38. The van der Waals surface area contributed by atoms with Gasteiger partial charge in [0, 0.05) is 5.54 Å². The zero-order valence-corrected chi connectivity index (χ0v) is 21.9. The Morgan fingerprint density at radius 2 is 1.73 bits per heavy atom. The molecule has 3 aliphatic carbocycles. The number of likely N-dealkylation sites (N-methyl/N-ethyl adjacent to an activating group) is 1. The van der Waals surface area contributed by atoms with E-state index < -0.39 is 87.2 Å². The first-order valence-corrected chi connectivity index (χ1v) is 12.5. The van der Waals surface area contributed by atoms with Gasteiger partial charge in [-0.1, -0.05) is 12.1 Å². The number of nitrogens with zero attached hydrogens (tertiary/aromatic N) is 2. The van der Waals surface area contributed by atoms with Crippen LogP contribution < -0.4 is 17.2 Å². The number of nitrogens with two attached hydrogens (primary N) is 3. The predicted octanol–water partition coefficient (Wildman–Crippen LogP) is -0.246. The average molecular weight is 566 g/mol. The van der Waals surface area contributed by atoms with E-state index in [-0.39, 0.29) is 28.7 Å². The number of fused-ring (bicyclic) bond motifs is 3. The third-order valence-electron chi connectivity index (χ3n) is 8.70. The highest BCUT2D eigenvalue weighted by Crippen LogP contribution is 2.57. The quantitative estimate of drug-likeness (QED) is 0.359. The molecule has 2 aromatic carbocycles. The Labute approximate surface area is 231 Å². The molecule has 0 heterocycles. The lowest BCUT2D eigenvalue weighted by Gasteiger charge is -2.60. The van der Waals surface area contributed by atoms with Gasteiger partial charge >= 0.3 is 0 Å². The number of benzene rings is 2. The molecular formula is C28H25F2N5O6. The van der Waals surface area contributed by atoms with Crippen LogP contribution in [0.3, 0.4) is 0 Å². The maximum atomic E-state index is 14.3. The van der Waals surface area contributed by atoms with Gasteiger partial charge in [-0.15, -0.1) is 0 Å². The van der Waals surface area contributed by atoms with E-state index in [1.165, 1.54) is 31.1 Å². The highest BCUT2D eigenvalue weighted by molar-refractivity contribution is 6.33. The third-order valence-corrected chi connectivity index (χ3v) is 8.70. The van der Waals surface area contributed by atoms with Crippen molar-refractivity contribution in [3.8, 4) is 22.9 Å². The molecule has 11 nitrogen and oxygen atoms in total. The summed E-state index contributed by atoms with van der Waals surface area (Å²) in [6.45, 7) is 0. The molecule has 0 radical (unpaired) electrons. The van der Waals surface area contributed by atoms with Crippen LogP contribution in [0.15, 0.2) is 30.3 Å².